The van der Waals surface area contributed by atoms with E-state index in [9.17, 15) is 24.0 Å². The molecule has 2 bridgehead atoms. The molecule has 2 saturated heterocycles. The summed E-state index contributed by atoms with van der Waals surface area (Å²) < 4.78 is 5.78. The first kappa shape index (κ1) is 35.6. The van der Waals surface area contributed by atoms with Crippen molar-refractivity contribution in [2.24, 2.45) is 0 Å². The smallest absolute Gasteiger partial charge is 0.258 e. The summed E-state index contributed by atoms with van der Waals surface area (Å²) in [4.78, 5) is 73.8. The first-order chi connectivity index (χ1) is 24.7. The van der Waals surface area contributed by atoms with Gasteiger partial charge in [0.1, 0.15) is 29.9 Å². The fourth-order valence-electron chi connectivity index (χ4n) is 6.96. The zero-order chi connectivity index (χ0) is 35.7. The van der Waals surface area contributed by atoms with E-state index in [1.54, 1.807) is 36.1 Å². The molecule has 4 aliphatic rings. The minimum atomic E-state index is -0.967. The first-order valence-electron chi connectivity index (χ1n) is 17.7. The Kier molecular flexibility index (Phi) is 11.6. The second-order valence-electron chi connectivity index (χ2n) is 13.5. The molecule has 268 valence electrons. The van der Waals surface area contributed by atoms with Gasteiger partial charge in [-0.1, -0.05) is 72.8 Å². The van der Waals surface area contributed by atoms with Crippen LogP contribution in [-0.4, -0.2) is 108 Å². The van der Waals surface area contributed by atoms with Gasteiger partial charge < -0.3 is 30.5 Å². The van der Waals surface area contributed by atoms with Crippen LogP contribution in [0.25, 0.3) is 0 Å². The van der Waals surface area contributed by atoms with Crippen molar-refractivity contribution < 1.29 is 28.7 Å². The van der Waals surface area contributed by atoms with Crippen LogP contribution in [0.2, 0.25) is 0 Å². The van der Waals surface area contributed by atoms with Gasteiger partial charge in [0.05, 0.1) is 0 Å². The van der Waals surface area contributed by atoms with Crippen molar-refractivity contribution >= 4 is 29.5 Å². The third kappa shape index (κ3) is 9.31. The number of carbonyl (C=O) groups excluding carboxylic acids is 5. The molecule has 0 spiro atoms. The number of nitrogens with one attached hydrogen (secondary N) is 3. The van der Waals surface area contributed by atoms with E-state index in [1.807, 2.05) is 48.5 Å². The zero-order valence-corrected chi connectivity index (χ0v) is 29.0. The molecule has 0 aromatic heterocycles. The second-order valence-corrected chi connectivity index (χ2v) is 13.5. The molecule has 4 aliphatic heterocycles. The van der Waals surface area contributed by atoms with Crippen molar-refractivity contribution in [1.29, 1.82) is 0 Å². The van der Waals surface area contributed by atoms with E-state index in [4.69, 9.17) is 4.74 Å². The van der Waals surface area contributed by atoms with Gasteiger partial charge in [-0.2, -0.15) is 0 Å². The number of piperazine rings is 1. The Hall–Kier alpha value is -5.23. The van der Waals surface area contributed by atoms with Crippen LogP contribution in [-0.2, 0) is 43.4 Å². The Morgan fingerprint density at radius 3 is 2.12 bits per heavy atom. The summed E-state index contributed by atoms with van der Waals surface area (Å²) in [6, 6.07) is 23.0. The molecule has 4 atom stereocenters. The van der Waals surface area contributed by atoms with E-state index in [2.05, 4.69) is 33.0 Å². The van der Waals surface area contributed by atoms with Crippen LogP contribution in [0.3, 0.4) is 0 Å². The van der Waals surface area contributed by atoms with Crippen LogP contribution >= 0.6 is 0 Å². The minimum Gasteiger partial charge on any atom is -0.484 e. The predicted molar refractivity (Wildman–Crippen MR) is 190 cm³/mol. The van der Waals surface area contributed by atoms with Gasteiger partial charge in [0.15, 0.2) is 6.61 Å². The van der Waals surface area contributed by atoms with E-state index in [0.29, 0.717) is 51.3 Å². The van der Waals surface area contributed by atoms with Crippen LogP contribution in [0.1, 0.15) is 36.5 Å². The van der Waals surface area contributed by atoms with Gasteiger partial charge in [-0.3, -0.25) is 28.9 Å². The Balaban J connectivity index is 1.19. The minimum absolute atomic E-state index is 0.193. The molecular formula is C39H46N6O6. The van der Waals surface area contributed by atoms with E-state index >= 15 is 0 Å². The maximum Gasteiger partial charge on any atom is 0.258 e. The largest absolute Gasteiger partial charge is 0.484 e. The van der Waals surface area contributed by atoms with Crippen molar-refractivity contribution in [1.82, 2.24) is 30.7 Å². The van der Waals surface area contributed by atoms with Gasteiger partial charge in [0, 0.05) is 52.1 Å². The lowest BCUT2D eigenvalue weighted by Gasteiger charge is -2.37. The van der Waals surface area contributed by atoms with Crippen molar-refractivity contribution in [3.05, 3.63) is 102 Å². The average Bonchev–Trinajstić information content (AvgIpc) is 3.65. The monoisotopic (exact) mass is 694 g/mol. The summed E-state index contributed by atoms with van der Waals surface area (Å²) in [6.07, 6.45) is 1.49. The maximum atomic E-state index is 14.0. The van der Waals surface area contributed by atoms with Gasteiger partial charge >= 0.3 is 0 Å². The Labute approximate surface area is 298 Å². The Morgan fingerprint density at radius 1 is 0.765 bits per heavy atom. The van der Waals surface area contributed by atoms with Crippen LogP contribution in [0, 0.1) is 0 Å². The van der Waals surface area contributed by atoms with Crippen LogP contribution in [0.15, 0.2) is 84.9 Å². The number of hydrogen-bond acceptors (Lipinski definition) is 7. The molecule has 0 saturated carbocycles. The van der Waals surface area contributed by atoms with Gasteiger partial charge in [0.2, 0.25) is 23.6 Å². The SMILES string of the molecule is C[C@@H]1NC(=O)[C@H]2CCCN2C(=O)[C@@H](Cc2ccccc2)NC(=O)COc2ccc(cc2)C[C@H](C(=O)N2CCN(Cc3ccccc3)CC2)NC1=O. The number of benzene rings is 3. The highest BCUT2D eigenvalue weighted by atomic mass is 16.5. The van der Waals surface area contributed by atoms with Crippen molar-refractivity contribution in [2.75, 3.05) is 39.3 Å². The molecule has 7 rings (SSSR count). The summed E-state index contributed by atoms with van der Waals surface area (Å²) >= 11 is 0. The lowest BCUT2D eigenvalue weighted by atomic mass is 10.0. The molecule has 51 heavy (non-hydrogen) atoms. The van der Waals surface area contributed by atoms with Crippen molar-refractivity contribution in [3.63, 3.8) is 0 Å². The lowest BCUT2D eigenvalue weighted by Crippen LogP contribution is -2.59. The highest BCUT2D eigenvalue weighted by Crippen LogP contribution is 2.21. The Morgan fingerprint density at radius 2 is 1.43 bits per heavy atom. The number of ether oxygens (including phenoxy) is 1. The summed E-state index contributed by atoms with van der Waals surface area (Å²) in [5, 5.41) is 8.54. The highest BCUT2D eigenvalue weighted by molar-refractivity contribution is 5.96. The van der Waals surface area contributed by atoms with E-state index in [1.165, 1.54) is 10.5 Å². The van der Waals surface area contributed by atoms with Gasteiger partial charge in [-0.25, -0.2) is 0 Å². The average molecular weight is 695 g/mol. The quantitative estimate of drug-likeness (QED) is 0.369. The van der Waals surface area contributed by atoms with Gasteiger partial charge in [-0.15, -0.1) is 0 Å². The molecule has 3 N–H and O–H groups in total. The van der Waals surface area contributed by atoms with Crippen LogP contribution in [0.4, 0.5) is 0 Å². The third-order valence-electron chi connectivity index (χ3n) is 9.79. The first-order valence-corrected chi connectivity index (χ1v) is 17.7. The third-order valence-corrected chi connectivity index (χ3v) is 9.79. The van der Waals surface area contributed by atoms with E-state index < -0.39 is 41.9 Å². The molecule has 0 unspecified atom stereocenters. The van der Waals surface area contributed by atoms with Gasteiger partial charge in [-0.05, 0) is 48.6 Å². The Bertz CT molecular complexity index is 1680. The molecule has 12 heteroatoms. The number of hydrogen-bond donors (Lipinski definition) is 3. The van der Waals surface area contributed by atoms with Crippen molar-refractivity contribution in [2.45, 2.75) is 63.3 Å². The number of amides is 5. The topological polar surface area (TPSA) is 140 Å². The highest BCUT2D eigenvalue weighted by Gasteiger charge is 2.39. The normalized spacial score (nSPS) is 23.9. The fraction of sp³-hybridized carbons (Fsp3) is 0.410. The van der Waals surface area contributed by atoms with Crippen molar-refractivity contribution in [3.8, 4) is 5.75 Å². The number of rotatable bonds is 5. The molecule has 0 aliphatic carbocycles. The van der Waals surface area contributed by atoms with E-state index in [-0.39, 0.29) is 31.3 Å². The summed E-state index contributed by atoms with van der Waals surface area (Å²) in [7, 11) is 0. The van der Waals surface area contributed by atoms with Crippen LogP contribution < -0.4 is 20.7 Å². The van der Waals surface area contributed by atoms with Gasteiger partial charge in [0.25, 0.3) is 5.91 Å². The standard InChI is InChI=1S/C39H46N6O6/c1-27-36(47)42-32(38(49)44-21-19-43(20-22-44)25-30-11-6-3-7-12-30)24-29-14-16-31(17-15-29)51-26-35(46)41-33(23-28-9-4-2-5-10-28)39(50)45-18-8-13-34(45)37(48)40-27/h2-7,9-12,14-17,27,32-34H,8,13,18-26H2,1H3,(H,40,48)(H,41,46)(H,42,47)/t27-,32+,33+,34+/m0/s1. The molecular weight excluding hydrogens is 648 g/mol. The lowest BCUT2D eigenvalue weighted by molar-refractivity contribution is -0.142. The number of carbonyl (C=O) groups is 5. The van der Waals surface area contributed by atoms with E-state index in [0.717, 1.165) is 17.7 Å². The second kappa shape index (κ2) is 16.7. The molecule has 3 aromatic carbocycles. The zero-order valence-electron chi connectivity index (χ0n) is 29.0. The molecule has 0 radical (unpaired) electrons. The molecule has 3 aromatic rings. The van der Waals surface area contributed by atoms with Crippen LogP contribution in [0.5, 0.6) is 5.75 Å². The molecule has 4 heterocycles. The summed E-state index contributed by atoms with van der Waals surface area (Å²) in [5.74, 6) is -1.54. The fourth-order valence-corrected chi connectivity index (χ4v) is 6.96. The predicted octanol–water partition coefficient (Wildman–Crippen LogP) is 1.67. The summed E-state index contributed by atoms with van der Waals surface area (Å²) in [6.45, 7) is 4.86. The molecule has 12 nitrogen and oxygen atoms in total. The number of nitrogens with zero attached hydrogens (tertiary/aromatic N) is 3. The maximum absolute atomic E-state index is 14.0. The molecule has 5 amide bonds. The number of fused-ring (bicyclic) bond motifs is 13. The summed E-state index contributed by atoms with van der Waals surface area (Å²) in [5.41, 5.74) is 2.86. The molecule has 2 fully saturated rings.